The molecule has 2 unspecified atom stereocenters. The molecule has 1 aliphatic heterocycles. The molecule has 0 radical (unpaired) electrons. The zero-order valence-electron chi connectivity index (χ0n) is 12.4. The fraction of sp³-hybridized carbons (Fsp3) is 1.00. The minimum absolute atomic E-state index is 0.767. The molecule has 1 heterocycles. The minimum atomic E-state index is 0.767. The SMILES string of the molecule is CC(C)C1CCN(C2CCCCCC2CN)CC1. The Labute approximate surface area is 113 Å². The van der Waals surface area contributed by atoms with Crippen LogP contribution in [0.5, 0.6) is 0 Å². The highest BCUT2D eigenvalue weighted by atomic mass is 15.2. The van der Waals surface area contributed by atoms with Crippen molar-refractivity contribution in [2.24, 2.45) is 23.5 Å². The van der Waals surface area contributed by atoms with Gasteiger partial charge in [-0.25, -0.2) is 0 Å². The standard InChI is InChI=1S/C16H32N2/c1-13(2)14-8-10-18(11-9-14)16-7-5-3-4-6-15(16)12-17/h13-16H,3-12,17H2,1-2H3. The van der Waals surface area contributed by atoms with Gasteiger partial charge in [-0.05, 0) is 63.1 Å². The highest BCUT2D eigenvalue weighted by molar-refractivity contribution is 4.86. The molecular formula is C16H32N2. The fourth-order valence-corrected chi connectivity index (χ4v) is 4.04. The van der Waals surface area contributed by atoms with Crippen LogP contribution in [0.2, 0.25) is 0 Å². The molecule has 106 valence electrons. The number of rotatable bonds is 3. The van der Waals surface area contributed by atoms with E-state index in [0.29, 0.717) is 0 Å². The van der Waals surface area contributed by atoms with Crippen molar-refractivity contribution in [2.75, 3.05) is 19.6 Å². The first-order chi connectivity index (χ1) is 8.72. The van der Waals surface area contributed by atoms with E-state index in [1.165, 1.54) is 58.0 Å². The van der Waals surface area contributed by atoms with Crippen LogP contribution in [0.3, 0.4) is 0 Å². The summed E-state index contributed by atoms with van der Waals surface area (Å²) >= 11 is 0. The summed E-state index contributed by atoms with van der Waals surface area (Å²) < 4.78 is 0. The second-order valence-electron chi connectivity index (χ2n) is 6.82. The number of likely N-dealkylation sites (tertiary alicyclic amines) is 1. The predicted octanol–water partition coefficient (Wildman–Crippen LogP) is 3.26. The third-order valence-corrected chi connectivity index (χ3v) is 5.41. The van der Waals surface area contributed by atoms with Crippen LogP contribution in [0.4, 0.5) is 0 Å². The number of hydrogen-bond acceptors (Lipinski definition) is 2. The Morgan fingerprint density at radius 3 is 2.28 bits per heavy atom. The summed E-state index contributed by atoms with van der Waals surface area (Å²) in [5, 5.41) is 0. The van der Waals surface area contributed by atoms with Gasteiger partial charge in [-0.2, -0.15) is 0 Å². The van der Waals surface area contributed by atoms with Gasteiger partial charge in [0.1, 0.15) is 0 Å². The van der Waals surface area contributed by atoms with E-state index in [9.17, 15) is 0 Å². The summed E-state index contributed by atoms with van der Waals surface area (Å²) in [6.07, 6.45) is 9.83. The highest BCUT2D eigenvalue weighted by Gasteiger charge is 2.31. The molecule has 0 aromatic heterocycles. The normalized spacial score (nSPS) is 32.7. The van der Waals surface area contributed by atoms with Crippen LogP contribution in [-0.4, -0.2) is 30.6 Å². The highest BCUT2D eigenvalue weighted by Crippen LogP contribution is 2.31. The smallest absolute Gasteiger partial charge is 0.0136 e. The van der Waals surface area contributed by atoms with Gasteiger partial charge >= 0.3 is 0 Å². The zero-order chi connectivity index (χ0) is 13.0. The van der Waals surface area contributed by atoms with E-state index >= 15 is 0 Å². The second-order valence-corrected chi connectivity index (χ2v) is 6.82. The molecule has 0 aromatic rings. The average molecular weight is 252 g/mol. The zero-order valence-corrected chi connectivity index (χ0v) is 12.4. The molecule has 2 N–H and O–H groups in total. The molecule has 2 aliphatic rings. The summed E-state index contributed by atoms with van der Waals surface area (Å²) in [6.45, 7) is 8.31. The molecule has 0 spiro atoms. The maximum Gasteiger partial charge on any atom is 0.0136 e. The lowest BCUT2D eigenvalue weighted by Crippen LogP contribution is -2.47. The van der Waals surface area contributed by atoms with Crippen LogP contribution in [0, 0.1) is 17.8 Å². The number of nitrogens with two attached hydrogens (primary N) is 1. The Bertz CT molecular complexity index is 231. The van der Waals surface area contributed by atoms with Crippen LogP contribution >= 0.6 is 0 Å². The molecule has 2 heteroatoms. The van der Waals surface area contributed by atoms with E-state index in [2.05, 4.69) is 18.7 Å². The fourth-order valence-electron chi connectivity index (χ4n) is 4.04. The third-order valence-electron chi connectivity index (χ3n) is 5.41. The van der Waals surface area contributed by atoms with E-state index in [4.69, 9.17) is 5.73 Å². The largest absolute Gasteiger partial charge is 0.330 e. The number of hydrogen-bond donors (Lipinski definition) is 1. The summed E-state index contributed by atoms with van der Waals surface area (Å²) in [4.78, 5) is 2.78. The van der Waals surface area contributed by atoms with Gasteiger partial charge in [0.15, 0.2) is 0 Å². The van der Waals surface area contributed by atoms with Crippen molar-refractivity contribution >= 4 is 0 Å². The summed E-state index contributed by atoms with van der Waals surface area (Å²) in [7, 11) is 0. The first-order valence-electron chi connectivity index (χ1n) is 8.16. The number of piperidine rings is 1. The molecule has 2 fully saturated rings. The van der Waals surface area contributed by atoms with Gasteiger partial charge < -0.3 is 10.6 Å². The summed E-state index contributed by atoms with van der Waals surface area (Å²) in [5.41, 5.74) is 6.02. The first kappa shape index (κ1) is 14.3. The molecule has 0 aromatic carbocycles. The topological polar surface area (TPSA) is 29.3 Å². The van der Waals surface area contributed by atoms with E-state index in [1.54, 1.807) is 0 Å². The Kier molecular flexibility index (Phi) is 5.50. The maximum atomic E-state index is 6.02. The van der Waals surface area contributed by atoms with Crippen molar-refractivity contribution < 1.29 is 0 Å². The Morgan fingerprint density at radius 2 is 1.67 bits per heavy atom. The third kappa shape index (κ3) is 3.48. The van der Waals surface area contributed by atoms with Crippen LogP contribution in [0.1, 0.15) is 58.8 Å². The Morgan fingerprint density at radius 1 is 1.00 bits per heavy atom. The molecule has 2 atom stereocenters. The molecule has 2 rings (SSSR count). The van der Waals surface area contributed by atoms with E-state index in [1.807, 2.05) is 0 Å². The number of nitrogens with zero attached hydrogens (tertiary/aromatic N) is 1. The summed E-state index contributed by atoms with van der Waals surface area (Å²) in [6, 6.07) is 0.797. The minimum Gasteiger partial charge on any atom is -0.330 e. The molecule has 18 heavy (non-hydrogen) atoms. The van der Waals surface area contributed by atoms with Crippen LogP contribution in [0.15, 0.2) is 0 Å². The van der Waals surface area contributed by atoms with Crippen molar-refractivity contribution in [2.45, 2.75) is 64.8 Å². The maximum absolute atomic E-state index is 6.02. The van der Waals surface area contributed by atoms with Crippen LogP contribution in [-0.2, 0) is 0 Å². The molecule has 1 saturated carbocycles. The van der Waals surface area contributed by atoms with Crippen molar-refractivity contribution in [3.8, 4) is 0 Å². The molecule has 1 saturated heterocycles. The quantitative estimate of drug-likeness (QED) is 0.781. The lowest BCUT2D eigenvalue weighted by molar-refractivity contribution is 0.0796. The molecular weight excluding hydrogens is 220 g/mol. The second kappa shape index (κ2) is 6.91. The first-order valence-corrected chi connectivity index (χ1v) is 8.16. The van der Waals surface area contributed by atoms with Crippen molar-refractivity contribution in [1.82, 2.24) is 4.90 Å². The average Bonchev–Trinajstić information content (AvgIpc) is 2.63. The van der Waals surface area contributed by atoms with Crippen molar-refractivity contribution in [3.05, 3.63) is 0 Å². The summed E-state index contributed by atoms with van der Waals surface area (Å²) in [5.74, 6) is 2.60. The molecule has 0 amide bonds. The van der Waals surface area contributed by atoms with Gasteiger partial charge in [-0.3, -0.25) is 0 Å². The molecule has 2 nitrogen and oxygen atoms in total. The Balaban J connectivity index is 1.90. The van der Waals surface area contributed by atoms with Gasteiger partial charge in [0.05, 0.1) is 0 Å². The van der Waals surface area contributed by atoms with E-state index in [0.717, 1.165) is 30.3 Å². The van der Waals surface area contributed by atoms with Gasteiger partial charge in [-0.15, -0.1) is 0 Å². The monoisotopic (exact) mass is 252 g/mol. The van der Waals surface area contributed by atoms with Crippen LogP contribution in [0.25, 0.3) is 0 Å². The lowest BCUT2D eigenvalue weighted by Gasteiger charge is -2.41. The molecule has 0 bridgehead atoms. The van der Waals surface area contributed by atoms with E-state index < -0.39 is 0 Å². The van der Waals surface area contributed by atoms with Gasteiger partial charge in [-0.1, -0.05) is 33.1 Å². The predicted molar refractivity (Wildman–Crippen MR) is 78.6 cm³/mol. The van der Waals surface area contributed by atoms with Crippen molar-refractivity contribution in [3.63, 3.8) is 0 Å². The van der Waals surface area contributed by atoms with Crippen LogP contribution < -0.4 is 5.73 Å². The lowest BCUT2D eigenvalue weighted by atomic mass is 9.84. The van der Waals surface area contributed by atoms with Gasteiger partial charge in [0.2, 0.25) is 0 Å². The van der Waals surface area contributed by atoms with E-state index in [-0.39, 0.29) is 0 Å². The van der Waals surface area contributed by atoms with Crippen molar-refractivity contribution in [1.29, 1.82) is 0 Å². The Hall–Kier alpha value is -0.0800. The molecule has 1 aliphatic carbocycles. The van der Waals surface area contributed by atoms with Gasteiger partial charge in [0.25, 0.3) is 0 Å². The van der Waals surface area contributed by atoms with Gasteiger partial charge in [0, 0.05) is 6.04 Å².